The predicted octanol–water partition coefficient (Wildman–Crippen LogP) is 2.85. The molecule has 0 unspecified atom stereocenters. The molecule has 1 saturated heterocycles. The van der Waals surface area contributed by atoms with Crippen molar-refractivity contribution < 1.29 is 9.53 Å². The summed E-state index contributed by atoms with van der Waals surface area (Å²) in [6, 6.07) is 10.5. The summed E-state index contributed by atoms with van der Waals surface area (Å²) in [4.78, 5) is 13.8. The molecule has 2 rings (SSSR count). The molecular weight excluding hydrogens is 238 g/mol. The number of benzene rings is 1. The molecule has 1 fully saturated rings. The number of carbonyl (C=O) groups is 1. The third-order valence-electron chi connectivity index (χ3n) is 3.50. The number of nitrogens with zero attached hydrogens (tertiary/aromatic N) is 1. The number of carbonyl (C=O) groups excluding carboxylic acids is 1. The Balaban J connectivity index is 1.71. The van der Waals surface area contributed by atoms with Gasteiger partial charge in [0.05, 0.1) is 6.61 Å². The van der Waals surface area contributed by atoms with Crippen LogP contribution in [0.4, 0.5) is 0 Å². The van der Waals surface area contributed by atoms with Gasteiger partial charge in [-0.2, -0.15) is 0 Å². The molecule has 1 aliphatic rings. The molecule has 104 valence electrons. The highest BCUT2D eigenvalue weighted by Crippen LogP contribution is 2.31. The van der Waals surface area contributed by atoms with Crippen molar-refractivity contribution in [1.82, 2.24) is 4.90 Å². The Morgan fingerprint density at radius 3 is 2.63 bits per heavy atom. The van der Waals surface area contributed by atoms with Crippen LogP contribution in [0, 0.1) is 5.41 Å². The first-order valence-electron chi connectivity index (χ1n) is 7.03. The van der Waals surface area contributed by atoms with Crippen LogP contribution in [-0.4, -0.2) is 30.6 Å². The number of ether oxygens (including phenoxy) is 1. The van der Waals surface area contributed by atoms with Gasteiger partial charge in [-0.25, -0.2) is 0 Å². The van der Waals surface area contributed by atoms with E-state index in [2.05, 4.69) is 36.1 Å². The molecule has 0 aromatic heterocycles. The van der Waals surface area contributed by atoms with Gasteiger partial charge in [0.25, 0.3) is 0 Å². The highest BCUT2D eigenvalue weighted by Gasteiger charge is 2.39. The van der Waals surface area contributed by atoms with Crippen molar-refractivity contribution in [2.75, 3.05) is 19.7 Å². The van der Waals surface area contributed by atoms with Gasteiger partial charge >= 0.3 is 5.97 Å². The van der Waals surface area contributed by atoms with Crippen LogP contribution in [0.1, 0.15) is 32.3 Å². The molecule has 1 aliphatic heterocycles. The highest BCUT2D eigenvalue weighted by atomic mass is 16.5. The highest BCUT2D eigenvalue weighted by molar-refractivity contribution is 5.69. The molecule has 0 amide bonds. The van der Waals surface area contributed by atoms with Crippen molar-refractivity contribution in [2.24, 2.45) is 5.41 Å². The first-order chi connectivity index (χ1) is 9.11. The van der Waals surface area contributed by atoms with Gasteiger partial charge in [0.1, 0.15) is 0 Å². The maximum Gasteiger partial charge on any atom is 0.305 e. The third-order valence-corrected chi connectivity index (χ3v) is 3.50. The van der Waals surface area contributed by atoms with Crippen molar-refractivity contribution in [3.8, 4) is 0 Å². The lowest BCUT2D eigenvalue weighted by atomic mass is 9.82. The Kier molecular flexibility index (Phi) is 4.59. The first-order valence-corrected chi connectivity index (χ1v) is 7.03. The van der Waals surface area contributed by atoms with E-state index in [-0.39, 0.29) is 11.4 Å². The maximum atomic E-state index is 11.4. The van der Waals surface area contributed by atoms with Crippen LogP contribution in [0.2, 0.25) is 0 Å². The number of likely N-dealkylation sites (tertiary alicyclic amines) is 1. The summed E-state index contributed by atoms with van der Waals surface area (Å²) in [5.74, 6) is -0.0646. The Hall–Kier alpha value is -1.35. The van der Waals surface area contributed by atoms with E-state index in [1.165, 1.54) is 5.56 Å². The van der Waals surface area contributed by atoms with Crippen LogP contribution in [0.25, 0.3) is 0 Å². The summed E-state index contributed by atoms with van der Waals surface area (Å²) < 4.78 is 5.32. The number of hydrogen-bond donors (Lipinski definition) is 0. The Morgan fingerprint density at radius 2 is 2.00 bits per heavy atom. The van der Waals surface area contributed by atoms with E-state index < -0.39 is 0 Å². The van der Waals surface area contributed by atoms with Gasteiger partial charge in [0.2, 0.25) is 0 Å². The van der Waals surface area contributed by atoms with Crippen LogP contribution < -0.4 is 0 Å². The third kappa shape index (κ3) is 4.06. The average molecular weight is 261 g/mol. The van der Waals surface area contributed by atoms with Crippen LogP contribution in [0.15, 0.2) is 30.3 Å². The average Bonchev–Trinajstić information content (AvgIpc) is 2.36. The molecule has 0 spiro atoms. The van der Waals surface area contributed by atoms with Gasteiger partial charge in [0, 0.05) is 31.5 Å². The molecule has 0 saturated carbocycles. The molecule has 0 aliphatic carbocycles. The van der Waals surface area contributed by atoms with E-state index in [0.29, 0.717) is 13.0 Å². The van der Waals surface area contributed by atoms with Gasteiger partial charge in [0.15, 0.2) is 0 Å². The minimum absolute atomic E-state index is 0.0646. The van der Waals surface area contributed by atoms with E-state index in [1.54, 1.807) is 0 Å². The fraction of sp³-hybridized carbons (Fsp3) is 0.562. The minimum atomic E-state index is -0.0646. The Morgan fingerprint density at radius 1 is 1.32 bits per heavy atom. The summed E-state index contributed by atoms with van der Waals surface area (Å²) >= 11 is 0. The second-order valence-electron chi connectivity index (χ2n) is 5.85. The lowest BCUT2D eigenvalue weighted by Gasteiger charge is -2.47. The summed E-state index contributed by atoms with van der Waals surface area (Å²) in [5, 5.41) is 0. The fourth-order valence-electron chi connectivity index (χ4n) is 2.61. The summed E-state index contributed by atoms with van der Waals surface area (Å²) in [5.41, 5.74) is 1.48. The van der Waals surface area contributed by atoms with Gasteiger partial charge in [-0.3, -0.25) is 9.69 Å². The quantitative estimate of drug-likeness (QED) is 0.737. The number of rotatable bonds is 6. The molecule has 1 aromatic rings. The van der Waals surface area contributed by atoms with Crippen LogP contribution in [-0.2, 0) is 16.1 Å². The molecule has 1 aromatic carbocycles. The summed E-state index contributed by atoms with van der Waals surface area (Å²) in [6.45, 7) is 7.72. The van der Waals surface area contributed by atoms with E-state index in [0.717, 1.165) is 26.1 Å². The molecule has 1 heterocycles. The molecule has 3 heteroatoms. The van der Waals surface area contributed by atoms with E-state index >= 15 is 0 Å². The normalized spacial score (nSPS) is 17.8. The van der Waals surface area contributed by atoms with E-state index in [4.69, 9.17) is 4.74 Å². The number of esters is 1. The molecule has 0 atom stereocenters. The van der Waals surface area contributed by atoms with Gasteiger partial charge in [-0.1, -0.05) is 44.2 Å². The molecule has 0 bridgehead atoms. The first kappa shape index (κ1) is 14.1. The van der Waals surface area contributed by atoms with E-state index in [1.807, 2.05) is 13.0 Å². The molecule has 3 nitrogen and oxygen atoms in total. The second-order valence-corrected chi connectivity index (χ2v) is 5.85. The molecule has 19 heavy (non-hydrogen) atoms. The lowest BCUT2D eigenvalue weighted by molar-refractivity contribution is -0.151. The van der Waals surface area contributed by atoms with Gasteiger partial charge in [-0.15, -0.1) is 0 Å². The zero-order chi connectivity index (χ0) is 13.7. The lowest BCUT2D eigenvalue weighted by Crippen LogP contribution is -2.56. The SMILES string of the molecule is CCCC(=O)OCC1(C)CN(Cc2ccccc2)C1. The monoisotopic (exact) mass is 261 g/mol. The van der Waals surface area contributed by atoms with Crippen LogP contribution >= 0.6 is 0 Å². The fourth-order valence-corrected chi connectivity index (χ4v) is 2.61. The van der Waals surface area contributed by atoms with Crippen molar-refractivity contribution in [1.29, 1.82) is 0 Å². The smallest absolute Gasteiger partial charge is 0.305 e. The largest absolute Gasteiger partial charge is 0.465 e. The number of hydrogen-bond acceptors (Lipinski definition) is 3. The Labute approximate surface area is 115 Å². The molecule has 0 radical (unpaired) electrons. The van der Waals surface area contributed by atoms with Crippen molar-refractivity contribution in [2.45, 2.75) is 33.2 Å². The van der Waals surface area contributed by atoms with Crippen molar-refractivity contribution in [3.63, 3.8) is 0 Å². The van der Waals surface area contributed by atoms with Gasteiger partial charge < -0.3 is 4.74 Å². The molecular formula is C16H23NO2. The van der Waals surface area contributed by atoms with Crippen molar-refractivity contribution in [3.05, 3.63) is 35.9 Å². The van der Waals surface area contributed by atoms with Crippen molar-refractivity contribution >= 4 is 5.97 Å². The van der Waals surface area contributed by atoms with E-state index in [9.17, 15) is 4.79 Å². The zero-order valence-corrected chi connectivity index (χ0v) is 11.9. The standard InChI is InChI=1S/C16H23NO2/c1-3-7-15(18)19-13-16(2)11-17(12-16)10-14-8-5-4-6-9-14/h4-6,8-9H,3,7,10-13H2,1-2H3. The maximum absolute atomic E-state index is 11.4. The van der Waals surface area contributed by atoms with Crippen LogP contribution in [0.5, 0.6) is 0 Å². The van der Waals surface area contributed by atoms with Crippen LogP contribution in [0.3, 0.4) is 0 Å². The Bertz CT molecular complexity index is 410. The topological polar surface area (TPSA) is 29.5 Å². The summed E-state index contributed by atoms with van der Waals surface area (Å²) in [6.07, 6.45) is 1.39. The van der Waals surface area contributed by atoms with Gasteiger partial charge in [-0.05, 0) is 12.0 Å². The molecule has 0 N–H and O–H groups in total. The summed E-state index contributed by atoms with van der Waals surface area (Å²) in [7, 11) is 0. The predicted molar refractivity (Wildman–Crippen MR) is 75.7 cm³/mol. The minimum Gasteiger partial charge on any atom is -0.465 e. The second kappa shape index (κ2) is 6.20. The zero-order valence-electron chi connectivity index (χ0n) is 11.9.